The Morgan fingerprint density at radius 1 is 0.385 bits per heavy atom. The van der Waals surface area contributed by atoms with Gasteiger partial charge in [-0.15, -0.1) is 11.6 Å². The minimum Gasteiger partial charge on any atom is -0.449 e. The van der Waals surface area contributed by atoms with Gasteiger partial charge in [-0.3, -0.25) is 0 Å². The first-order valence-corrected chi connectivity index (χ1v) is 24.0. The fourth-order valence-electron chi connectivity index (χ4n) is 6.41. The molecule has 0 aliphatic heterocycles. The first kappa shape index (κ1) is 56.8. The molecular weight excluding hydrogens is 866 g/mol. The predicted octanol–water partition coefficient (Wildman–Crippen LogP) is 5.93. The van der Waals surface area contributed by atoms with Gasteiger partial charge >= 0.3 is 6.09 Å². The third kappa shape index (κ3) is 30.5. The van der Waals surface area contributed by atoms with Crippen molar-refractivity contribution >= 4 is 17.7 Å². The van der Waals surface area contributed by atoms with Crippen molar-refractivity contribution in [1.29, 1.82) is 0 Å². The van der Waals surface area contributed by atoms with Gasteiger partial charge in [0, 0.05) is 31.6 Å². The third-order valence-electron chi connectivity index (χ3n) is 9.71. The molecule has 0 saturated carbocycles. The number of rotatable bonds is 48. The molecule has 1 aliphatic rings. The van der Waals surface area contributed by atoms with E-state index in [0.29, 0.717) is 185 Å². The number of halogens is 1. The summed E-state index contributed by atoms with van der Waals surface area (Å²) >= 11 is 5.67. The smallest absolute Gasteiger partial charge is 0.407 e. The van der Waals surface area contributed by atoms with Gasteiger partial charge in [-0.05, 0) is 41.5 Å². The summed E-state index contributed by atoms with van der Waals surface area (Å²) in [5.74, 6) is 0.785. The van der Waals surface area contributed by atoms with Crippen LogP contribution in [0.2, 0.25) is 0 Å². The van der Waals surface area contributed by atoms with E-state index in [2.05, 4.69) is 29.6 Å². The molecule has 0 spiro atoms. The van der Waals surface area contributed by atoms with E-state index in [0.717, 1.165) is 31.7 Å². The SMILES string of the molecule is O=C(NCCCOCCOCCOCCOCCOCCOCCOCCOCCOCCOCCOCCOCCOCCCCCCCl)OCC1c2ccccc2-c2ccccc21. The molecule has 0 heterocycles. The maximum atomic E-state index is 12.3. The molecule has 0 aromatic heterocycles. The number of hydrogen-bond donors (Lipinski definition) is 1. The minimum atomic E-state index is -0.417. The van der Waals surface area contributed by atoms with Crippen LogP contribution in [0.5, 0.6) is 0 Å². The Labute approximate surface area is 392 Å². The van der Waals surface area contributed by atoms with Crippen molar-refractivity contribution < 1.29 is 71.1 Å². The normalized spacial score (nSPS) is 12.2. The average Bonchev–Trinajstić information content (AvgIpc) is 3.65. The second-order valence-electron chi connectivity index (χ2n) is 14.7. The molecule has 17 heteroatoms. The van der Waals surface area contributed by atoms with Crippen LogP contribution in [0.1, 0.15) is 49.1 Å². The maximum Gasteiger partial charge on any atom is 0.407 e. The van der Waals surface area contributed by atoms with Crippen molar-refractivity contribution in [3.05, 3.63) is 59.7 Å². The molecule has 1 N–H and O–H groups in total. The molecule has 0 bridgehead atoms. The highest BCUT2D eigenvalue weighted by molar-refractivity contribution is 6.17. The minimum absolute atomic E-state index is 0.0464. The number of fused-ring (bicyclic) bond motifs is 3. The topological polar surface area (TPSA) is 158 Å². The highest BCUT2D eigenvalue weighted by atomic mass is 35.5. The van der Waals surface area contributed by atoms with Gasteiger partial charge in [-0.25, -0.2) is 4.79 Å². The Bertz CT molecular complexity index is 1340. The molecule has 3 rings (SSSR count). The van der Waals surface area contributed by atoms with Crippen LogP contribution >= 0.6 is 11.6 Å². The van der Waals surface area contributed by atoms with Crippen molar-refractivity contribution in [2.75, 3.05) is 191 Å². The van der Waals surface area contributed by atoms with Crippen LogP contribution in [0.25, 0.3) is 11.1 Å². The van der Waals surface area contributed by atoms with Crippen molar-refractivity contribution in [1.82, 2.24) is 5.32 Å². The molecule has 0 radical (unpaired) electrons. The van der Waals surface area contributed by atoms with E-state index < -0.39 is 6.09 Å². The number of alkyl carbamates (subject to hydrolysis) is 1. The van der Waals surface area contributed by atoms with Gasteiger partial charge < -0.3 is 71.6 Å². The number of amides is 1. The fraction of sp³-hybridized carbons (Fsp3) is 0.729. The molecule has 0 saturated heterocycles. The molecule has 1 amide bonds. The Kier molecular flexibility index (Phi) is 37.4. The molecule has 1 aliphatic carbocycles. The van der Waals surface area contributed by atoms with Gasteiger partial charge in [-0.2, -0.15) is 0 Å². The van der Waals surface area contributed by atoms with Gasteiger partial charge in [0.15, 0.2) is 0 Å². The Morgan fingerprint density at radius 3 is 1.02 bits per heavy atom. The Morgan fingerprint density at radius 2 is 0.677 bits per heavy atom. The number of alkyl halides is 1. The van der Waals surface area contributed by atoms with Gasteiger partial charge in [-0.1, -0.05) is 61.4 Å². The van der Waals surface area contributed by atoms with E-state index in [1.807, 2.05) is 24.3 Å². The summed E-state index contributed by atoms with van der Waals surface area (Å²) in [7, 11) is 0. The van der Waals surface area contributed by atoms with Crippen LogP contribution in [0, 0.1) is 0 Å². The molecular formula is C48H78ClNO15. The van der Waals surface area contributed by atoms with E-state index in [1.165, 1.54) is 28.7 Å². The van der Waals surface area contributed by atoms with Gasteiger partial charge in [0.25, 0.3) is 0 Å². The lowest BCUT2D eigenvalue weighted by Crippen LogP contribution is -2.27. The molecule has 0 fully saturated rings. The van der Waals surface area contributed by atoms with Gasteiger partial charge in [0.05, 0.1) is 159 Å². The van der Waals surface area contributed by atoms with Crippen molar-refractivity contribution in [3.8, 4) is 11.1 Å². The largest absolute Gasteiger partial charge is 0.449 e. The highest BCUT2D eigenvalue weighted by Crippen LogP contribution is 2.44. The zero-order chi connectivity index (χ0) is 45.8. The fourth-order valence-corrected chi connectivity index (χ4v) is 6.60. The highest BCUT2D eigenvalue weighted by Gasteiger charge is 2.29. The lowest BCUT2D eigenvalue weighted by Gasteiger charge is -2.14. The first-order valence-electron chi connectivity index (χ1n) is 23.5. The van der Waals surface area contributed by atoms with Gasteiger partial charge in [0.1, 0.15) is 6.61 Å². The summed E-state index contributed by atoms with van der Waals surface area (Å²) < 4.78 is 77.4. The quantitative estimate of drug-likeness (QED) is 0.0615. The summed E-state index contributed by atoms with van der Waals surface area (Å²) in [6.07, 6.45) is 4.74. The van der Waals surface area contributed by atoms with E-state index in [-0.39, 0.29) is 5.92 Å². The predicted molar refractivity (Wildman–Crippen MR) is 248 cm³/mol. The number of ether oxygens (including phenoxy) is 14. The number of hydrogen-bond acceptors (Lipinski definition) is 15. The van der Waals surface area contributed by atoms with Gasteiger partial charge in [0.2, 0.25) is 0 Å². The summed E-state index contributed by atoms with van der Waals surface area (Å²) in [6, 6.07) is 16.6. The van der Waals surface area contributed by atoms with Crippen molar-refractivity contribution in [3.63, 3.8) is 0 Å². The zero-order valence-electron chi connectivity index (χ0n) is 38.7. The monoisotopic (exact) mass is 944 g/mol. The lowest BCUT2D eigenvalue weighted by molar-refractivity contribution is -0.0290. The van der Waals surface area contributed by atoms with Crippen LogP contribution in [0.3, 0.4) is 0 Å². The van der Waals surface area contributed by atoms with Crippen molar-refractivity contribution in [2.24, 2.45) is 0 Å². The first-order chi connectivity index (χ1) is 32.3. The molecule has 16 nitrogen and oxygen atoms in total. The summed E-state index contributed by atoms with van der Waals surface area (Å²) in [5.41, 5.74) is 4.80. The van der Waals surface area contributed by atoms with Crippen LogP contribution in [0.4, 0.5) is 4.79 Å². The van der Waals surface area contributed by atoms with E-state index in [1.54, 1.807) is 0 Å². The maximum absolute atomic E-state index is 12.3. The molecule has 0 atom stereocenters. The Balaban J connectivity index is 0.901. The van der Waals surface area contributed by atoms with Crippen LogP contribution in [-0.2, 0) is 66.3 Å². The standard InChI is InChI=1S/C48H78ClNO15/c49-14-7-1-2-8-16-52-18-20-54-22-24-56-26-28-58-30-32-60-34-36-62-38-40-64-41-39-63-37-35-61-33-31-59-29-27-57-25-23-55-21-19-53-17-9-15-50-48(51)65-42-47-45-12-5-3-10-43(45)44-11-4-6-13-46(44)47/h3-6,10-13,47H,1-2,7-9,14-42H2,(H,50,51). The third-order valence-corrected chi connectivity index (χ3v) is 9.98. The zero-order valence-corrected chi connectivity index (χ0v) is 39.5. The molecule has 2 aromatic rings. The van der Waals surface area contributed by atoms with Crippen LogP contribution in [-0.4, -0.2) is 197 Å². The number of carbonyl (C=O) groups excluding carboxylic acids is 1. The molecule has 0 unspecified atom stereocenters. The second-order valence-corrected chi connectivity index (χ2v) is 15.0. The molecule has 372 valence electrons. The molecule has 2 aromatic carbocycles. The average molecular weight is 945 g/mol. The van der Waals surface area contributed by atoms with E-state index in [9.17, 15) is 4.79 Å². The summed E-state index contributed by atoms with van der Waals surface area (Å²) in [4.78, 5) is 12.3. The summed E-state index contributed by atoms with van der Waals surface area (Å²) in [5, 5.41) is 2.81. The molecule has 65 heavy (non-hydrogen) atoms. The number of carbonyl (C=O) groups is 1. The number of unbranched alkanes of at least 4 members (excludes halogenated alkanes) is 3. The number of nitrogens with one attached hydrogen (secondary N) is 1. The van der Waals surface area contributed by atoms with Crippen LogP contribution in [0.15, 0.2) is 48.5 Å². The Hall–Kier alpha value is -2.52. The van der Waals surface area contributed by atoms with Crippen molar-refractivity contribution in [2.45, 2.75) is 38.0 Å². The van der Waals surface area contributed by atoms with Crippen LogP contribution < -0.4 is 5.32 Å². The van der Waals surface area contributed by atoms with E-state index >= 15 is 0 Å². The lowest BCUT2D eigenvalue weighted by atomic mass is 9.98. The summed E-state index contributed by atoms with van der Waals surface area (Å²) in [6.45, 7) is 14.2. The van der Waals surface area contributed by atoms with E-state index in [4.69, 9.17) is 77.9 Å². The second kappa shape index (κ2) is 42.8. The number of benzene rings is 2.